The molecule has 0 saturated heterocycles. The Morgan fingerprint density at radius 1 is 1.33 bits per heavy atom. The van der Waals surface area contributed by atoms with E-state index < -0.39 is 0 Å². The number of unbranched alkanes of at least 4 members (excludes halogenated alkanes) is 1. The predicted molar refractivity (Wildman–Crippen MR) is 82.3 cm³/mol. The largest absolute Gasteiger partial charge is 0.383 e. The molecule has 1 aromatic rings. The molecular formula is C12H21N5O3S. The highest BCUT2D eigenvalue weighted by molar-refractivity contribution is 7.18. The number of anilines is 2. The molecule has 1 rings (SSSR count). The van der Waals surface area contributed by atoms with Gasteiger partial charge >= 0.3 is 0 Å². The van der Waals surface area contributed by atoms with Crippen molar-refractivity contribution in [1.29, 1.82) is 0 Å². The first-order valence-corrected chi connectivity index (χ1v) is 7.42. The molecule has 6 N–H and O–H groups in total. The van der Waals surface area contributed by atoms with Crippen LogP contribution in [-0.2, 0) is 9.53 Å². The van der Waals surface area contributed by atoms with Gasteiger partial charge in [-0.05, 0) is 12.8 Å². The number of hydrogen-bond acceptors (Lipinski definition) is 7. The Bertz CT molecular complexity index is 477. The maximum absolute atomic E-state index is 11.9. The minimum atomic E-state index is -0.334. The van der Waals surface area contributed by atoms with Crippen LogP contribution in [0.2, 0.25) is 0 Å². The number of aromatic nitrogens is 1. The summed E-state index contributed by atoms with van der Waals surface area (Å²) in [7, 11) is 1.61. The highest BCUT2D eigenvalue weighted by Crippen LogP contribution is 2.24. The Morgan fingerprint density at radius 3 is 2.76 bits per heavy atom. The summed E-state index contributed by atoms with van der Waals surface area (Å²) in [5.41, 5.74) is 10.8. The van der Waals surface area contributed by atoms with Gasteiger partial charge in [0.2, 0.25) is 5.91 Å². The summed E-state index contributed by atoms with van der Waals surface area (Å²) < 4.78 is 4.91. The van der Waals surface area contributed by atoms with Crippen molar-refractivity contribution in [2.24, 2.45) is 5.73 Å². The maximum atomic E-state index is 11.9. The quantitative estimate of drug-likeness (QED) is 0.455. The van der Waals surface area contributed by atoms with Crippen LogP contribution in [0.1, 0.15) is 28.9 Å². The number of nitrogens with two attached hydrogens (primary N) is 2. The van der Waals surface area contributed by atoms with Gasteiger partial charge < -0.3 is 26.8 Å². The fraction of sp³-hybridized carbons (Fsp3) is 0.583. The van der Waals surface area contributed by atoms with Crippen LogP contribution < -0.4 is 22.1 Å². The SMILES string of the molecule is COCCNc1nc(N)c(C(=O)NCCCCC(N)=O)s1. The number of rotatable bonds is 10. The summed E-state index contributed by atoms with van der Waals surface area (Å²) in [6.07, 6.45) is 1.66. The van der Waals surface area contributed by atoms with Crippen molar-refractivity contribution in [2.75, 3.05) is 37.9 Å². The first-order chi connectivity index (χ1) is 10.0. The van der Waals surface area contributed by atoms with E-state index in [2.05, 4.69) is 15.6 Å². The highest BCUT2D eigenvalue weighted by atomic mass is 32.1. The lowest BCUT2D eigenvalue weighted by Crippen LogP contribution is -2.24. The molecule has 9 heteroatoms. The van der Waals surface area contributed by atoms with Crippen molar-refractivity contribution in [3.63, 3.8) is 0 Å². The summed E-state index contributed by atoms with van der Waals surface area (Å²) in [5, 5.41) is 6.35. The second-order valence-corrected chi connectivity index (χ2v) is 5.33. The number of thiazole rings is 1. The molecule has 21 heavy (non-hydrogen) atoms. The summed E-state index contributed by atoms with van der Waals surface area (Å²) in [6.45, 7) is 1.61. The molecule has 0 aliphatic carbocycles. The Labute approximate surface area is 127 Å². The van der Waals surface area contributed by atoms with E-state index in [0.29, 0.717) is 49.0 Å². The molecule has 0 aromatic carbocycles. The fourth-order valence-corrected chi connectivity index (χ4v) is 2.36. The first kappa shape index (κ1) is 17.2. The van der Waals surface area contributed by atoms with Crippen molar-refractivity contribution < 1.29 is 14.3 Å². The lowest BCUT2D eigenvalue weighted by atomic mass is 10.2. The normalized spacial score (nSPS) is 10.3. The molecule has 118 valence electrons. The number of ether oxygens (including phenoxy) is 1. The van der Waals surface area contributed by atoms with E-state index in [9.17, 15) is 9.59 Å². The minimum absolute atomic E-state index is 0.203. The average molecular weight is 315 g/mol. The number of nitrogens with zero attached hydrogens (tertiary/aromatic N) is 1. The number of carbonyl (C=O) groups is 2. The van der Waals surface area contributed by atoms with Crippen LogP contribution in [0.4, 0.5) is 10.9 Å². The topological polar surface area (TPSA) is 132 Å². The Morgan fingerprint density at radius 2 is 2.10 bits per heavy atom. The highest BCUT2D eigenvalue weighted by Gasteiger charge is 2.15. The van der Waals surface area contributed by atoms with Crippen LogP contribution in [-0.4, -0.2) is 43.6 Å². The molecule has 8 nitrogen and oxygen atoms in total. The van der Waals surface area contributed by atoms with E-state index in [1.807, 2.05) is 0 Å². The number of methoxy groups -OCH3 is 1. The van der Waals surface area contributed by atoms with Gasteiger partial charge in [0.25, 0.3) is 5.91 Å². The van der Waals surface area contributed by atoms with Gasteiger partial charge in [-0.1, -0.05) is 11.3 Å². The summed E-state index contributed by atoms with van der Waals surface area (Å²) >= 11 is 1.20. The first-order valence-electron chi connectivity index (χ1n) is 6.60. The molecule has 0 unspecified atom stereocenters. The molecular weight excluding hydrogens is 294 g/mol. The van der Waals surface area contributed by atoms with Gasteiger partial charge in [0.05, 0.1) is 6.61 Å². The molecule has 0 aliphatic heterocycles. The van der Waals surface area contributed by atoms with Crippen LogP contribution in [0.3, 0.4) is 0 Å². The predicted octanol–water partition coefficient (Wildman–Crippen LogP) is 0.169. The maximum Gasteiger partial charge on any atom is 0.265 e. The van der Waals surface area contributed by atoms with E-state index >= 15 is 0 Å². The van der Waals surface area contributed by atoms with Gasteiger partial charge in [0.15, 0.2) is 5.13 Å². The van der Waals surface area contributed by atoms with Crippen LogP contribution in [0.5, 0.6) is 0 Å². The molecule has 0 atom stereocenters. The van der Waals surface area contributed by atoms with E-state index in [-0.39, 0.29) is 17.6 Å². The Hall–Kier alpha value is -1.87. The van der Waals surface area contributed by atoms with Crippen molar-refractivity contribution >= 4 is 34.1 Å². The fourth-order valence-electron chi connectivity index (χ4n) is 1.54. The van der Waals surface area contributed by atoms with Crippen LogP contribution in [0, 0.1) is 0 Å². The molecule has 1 heterocycles. The van der Waals surface area contributed by atoms with Gasteiger partial charge in [-0.15, -0.1) is 0 Å². The number of hydrogen-bond donors (Lipinski definition) is 4. The van der Waals surface area contributed by atoms with E-state index in [4.69, 9.17) is 16.2 Å². The van der Waals surface area contributed by atoms with Gasteiger partial charge in [-0.25, -0.2) is 4.98 Å². The summed E-state index contributed by atoms with van der Waals surface area (Å²) in [5.74, 6) is -0.391. The zero-order valence-corrected chi connectivity index (χ0v) is 12.8. The second kappa shape index (κ2) is 9.14. The third-order valence-corrected chi connectivity index (χ3v) is 3.61. The average Bonchev–Trinajstić information content (AvgIpc) is 2.79. The van der Waals surface area contributed by atoms with Crippen molar-refractivity contribution in [3.8, 4) is 0 Å². The standard InChI is InChI=1S/C12H21N5O3S/c1-20-7-6-16-12-17-10(14)9(21-12)11(19)15-5-3-2-4-8(13)18/h2-7,14H2,1H3,(H2,13,18)(H,15,19)(H,16,17). The van der Waals surface area contributed by atoms with E-state index in [1.165, 1.54) is 11.3 Å². The number of amides is 2. The Kier molecular flexibility index (Phi) is 7.48. The van der Waals surface area contributed by atoms with Crippen molar-refractivity contribution in [1.82, 2.24) is 10.3 Å². The number of primary amides is 1. The van der Waals surface area contributed by atoms with Gasteiger partial charge in [0, 0.05) is 26.6 Å². The molecule has 0 spiro atoms. The smallest absolute Gasteiger partial charge is 0.265 e. The van der Waals surface area contributed by atoms with E-state index in [0.717, 1.165) is 0 Å². The zero-order valence-electron chi connectivity index (χ0n) is 12.0. The van der Waals surface area contributed by atoms with Crippen molar-refractivity contribution in [3.05, 3.63) is 4.88 Å². The minimum Gasteiger partial charge on any atom is -0.383 e. The number of nitrogens with one attached hydrogen (secondary N) is 2. The summed E-state index contributed by atoms with van der Waals surface area (Å²) in [4.78, 5) is 27.0. The molecule has 2 amide bonds. The lowest BCUT2D eigenvalue weighted by Gasteiger charge is -2.03. The Balaban J connectivity index is 2.37. The molecule has 1 aromatic heterocycles. The second-order valence-electron chi connectivity index (χ2n) is 4.33. The molecule has 0 bridgehead atoms. The van der Waals surface area contributed by atoms with Crippen molar-refractivity contribution in [2.45, 2.75) is 19.3 Å². The lowest BCUT2D eigenvalue weighted by molar-refractivity contribution is -0.118. The van der Waals surface area contributed by atoms with E-state index in [1.54, 1.807) is 7.11 Å². The zero-order chi connectivity index (χ0) is 15.7. The van der Waals surface area contributed by atoms with Crippen LogP contribution in [0.25, 0.3) is 0 Å². The summed E-state index contributed by atoms with van der Waals surface area (Å²) in [6, 6.07) is 0. The number of carbonyl (C=O) groups excluding carboxylic acids is 2. The van der Waals surface area contributed by atoms with Crippen LogP contribution in [0.15, 0.2) is 0 Å². The van der Waals surface area contributed by atoms with Gasteiger partial charge in [-0.3, -0.25) is 9.59 Å². The molecule has 0 saturated carbocycles. The third kappa shape index (κ3) is 6.41. The molecule has 0 fully saturated rings. The monoisotopic (exact) mass is 315 g/mol. The third-order valence-electron chi connectivity index (χ3n) is 2.58. The number of nitrogen functional groups attached to an aromatic ring is 1. The van der Waals surface area contributed by atoms with Crippen LogP contribution >= 0.6 is 11.3 Å². The molecule has 0 aliphatic rings. The van der Waals surface area contributed by atoms with Gasteiger partial charge in [0.1, 0.15) is 10.7 Å². The van der Waals surface area contributed by atoms with Gasteiger partial charge in [-0.2, -0.15) is 0 Å². The molecule has 0 radical (unpaired) electrons.